The van der Waals surface area contributed by atoms with E-state index < -0.39 is 11.9 Å². The zero-order chi connectivity index (χ0) is 12.1. The minimum Gasteiger partial charge on any atom is -0.481 e. The Balaban J connectivity index is 1.88. The fourth-order valence-electron chi connectivity index (χ4n) is 2.12. The van der Waals surface area contributed by atoms with Gasteiger partial charge in [0.1, 0.15) is 0 Å². The molecule has 1 aliphatic heterocycles. The standard InChI is InChI=1S/C12H18N2O3/c15-12(16)11(10-1-3-13-9-10)2-4-14-5-7-17-8-6-14/h1,3,9,11,13H,2,4-8H2,(H,15,16). The van der Waals surface area contributed by atoms with Crippen LogP contribution in [0, 0.1) is 0 Å². The minimum atomic E-state index is -0.752. The van der Waals surface area contributed by atoms with Crippen LogP contribution >= 0.6 is 0 Å². The Kier molecular flexibility index (Phi) is 4.17. The van der Waals surface area contributed by atoms with Gasteiger partial charge in [-0.05, 0) is 24.6 Å². The smallest absolute Gasteiger partial charge is 0.311 e. The maximum Gasteiger partial charge on any atom is 0.311 e. The molecule has 0 aromatic carbocycles. The SMILES string of the molecule is O=C(O)C(CCN1CCOCC1)c1cc[nH]c1. The number of carbonyl (C=O) groups is 1. The molecule has 5 nitrogen and oxygen atoms in total. The molecule has 1 fully saturated rings. The average Bonchev–Trinajstić information content (AvgIpc) is 2.84. The van der Waals surface area contributed by atoms with E-state index in [-0.39, 0.29) is 0 Å². The number of ether oxygens (including phenoxy) is 1. The summed E-state index contributed by atoms with van der Waals surface area (Å²) in [5.41, 5.74) is 0.853. The van der Waals surface area contributed by atoms with Crippen molar-refractivity contribution in [3.05, 3.63) is 24.0 Å². The normalized spacial score (nSPS) is 19.1. The molecule has 1 aromatic heterocycles. The molecule has 0 aliphatic carbocycles. The fraction of sp³-hybridized carbons (Fsp3) is 0.583. The average molecular weight is 238 g/mol. The van der Waals surface area contributed by atoms with Crippen LogP contribution in [0.3, 0.4) is 0 Å². The number of carboxylic acid groups (broad SMARTS) is 1. The minimum absolute atomic E-state index is 0.413. The van der Waals surface area contributed by atoms with Crippen molar-refractivity contribution in [3.8, 4) is 0 Å². The first kappa shape index (κ1) is 12.1. The third-order valence-electron chi connectivity index (χ3n) is 3.16. The molecule has 2 N–H and O–H groups in total. The molecular formula is C12H18N2O3. The zero-order valence-corrected chi connectivity index (χ0v) is 9.76. The summed E-state index contributed by atoms with van der Waals surface area (Å²) in [7, 11) is 0. The van der Waals surface area contributed by atoms with Gasteiger partial charge < -0.3 is 14.8 Å². The van der Waals surface area contributed by atoms with Gasteiger partial charge in [0.15, 0.2) is 0 Å². The number of aromatic amines is 1. The number of carboxylic acids is 1. The van der Waals surface area contributed by atoms with Crippen LogP contribution in [0.5, 0.6) is 0 Å². The number of morpholine rings is 1. The summed E-state index contributed by atoms with van der Waals surface area (Å²) in [6.07, 6.45) is 4.17. The number of hydrogen-bond donors (Lipinski definition) is 2. The lowest BCUT2D eigenvalue weighted by atomic mass is 9.98. The Morgan fingerprint density at radius 2 is 2.29 bits per heavy atom. The van der Waals surface area contributed by atoms with Gasteiger partial charge >= 0.3 is 5.97 Å². The summed E-state index contributed by atoms with van der Waals surface area (Å²) < 4.78 is 5.26. The molecule has 1 aliphatic rings. The molecule has 0 bridgehead atoms. The van der Waals surface area contributed by atoms with Crippen LogP contribution in [-0.4, -0.2) is 53.8 Å². The lowest BCUT2D eigenvalue weighted by molar-refractivity contribution is -0.139. The summed E-state index contributed by atoms with van der Waals surface area (Å²) in [6.45, 7) is 4.12. The van der Waals surface area contributed by atoms with Crippen molar-refractivity contribution in [2.45, 2.75) is 12.3 Å². The number of aliphatic carboxylic acids is 1. The number of aromatic nitrogens is 1. The molecule has 2 heterocycles. The second kappa shape index (κ2) is 5.84. The Morgan fingerprint density at radius 3 is 2.88 bits per heavy atom. The van der Waals surface area contributed by atoms with Crippen molar-refractivity contribution in [2.75, 3.05) is 32.8 Å². The Hall–Kier alpha value is -1.33. The van der Waals surface area contributed by atoms with Crippen LogP contribution in [-0.2, 0) is 9.53 Å². The van der Waals surface area contributed by atoms with Crippen molar-refractivity contribution in [3.63, 3.8) is 0 Å². The molecule has 0 amide bonds. The highest BCUT2D eigenvalue weighted by Gasteiger charge is 2.21. The second-order valence-corrected chi connectivity index (χ2v) is 4.28. The second-order valence-electron chi connectivity index (χ2n) is 4.28. The highest BCUT2D eigenvalue weighted by molar-refractivity contribution is 5.75. The third-order valence-corrected chi connectivity index (χ3v) is 3.16. The largest absolute Gasteiger partial charge is 0.481 e. The summed E-state index contributed by atoms with van der Waals surface area (Å²) in [5, 5.41) is 9.22. The van der Waals surface area contributed by atoms with E-state index in [0.717, 1.165) is 38.4 Å². The maximum atomic E-state index is 11.2. The summed E-state index contributed by atoms with van der Waals surface area (Å²) >= 11 is 0. The number of H-pyrrole nitrogens is 1. The Morgan fingerprint density at radius 1 is 1.53 bits per heavy atom. The van der Waals surface area contributed by atoms with Gasteiger partial charge in [-0.3, -0.25) is 9.69 Å². The lowest BCUT2D eigenvalue weighted by Gasteiger charge is -2.27. The van der Waals surface area contributed by atoms with Gasteiger partial charge in [0, 0.05) is 25.5 Å². The Labute approximate surface area is 100 Å². The van der Waals surface area contributed by atoms with Crippen molar-refractivity contribution in [2.24, 2.45) is 0 Å². The first-order valence-electron chi connectivity index (χ1n) is 5.93. The van der Waals surface area contributed by atoms with E-state index >= 15 is 0 Å². The van der Waals surface area contributed by atoms with Crippen LogP contribution in [0.25, 0.3) is 0 Å². The molecule has 5 heteroatoms. The van der Waals surface area contributed by atoms with E-state index in [0.29, 0.717) is 6.42 Å². The fourth-order valence-corrected chi connectivity index (χ4v) is 2.12. The first-order valence-corrected chi connectivity index (χ1v) is 5.93. The van der Waals surface area contributed by atoms with Gasteiger partial charge in [0.25, 0.3) is 0 Å². The highest BCUT2D eigenvalue weighted by Crippen LogP contribution is 2.20. The van der Waals surface area contributed by atoms with Crippen LogP contribution in [0.4, 0.5) is 0 Å². The number of rotatable bonds is 5. The van der Waals surface area contributed by atoms with E-state index in [1.54, 1.807) is 12.4 Å². The van der Waals surface area contributed by atoms with Crippen LogP contribution < -0.4 is 0 Å². The van der Waals surface area contributed by atoms with Gasteiger partial charge in [-0.1, -0.05) is 0 Å². The molecule has 1 atom stereocenters. The maximum absolute atomic E-state index is 11.2. The number of nitrogens with one attached hydrogen (secondary N) is 1. The van der Waals surface area contributed by atoms with Crippen molar-refractivity contribution < 1.29 is 14.6 Å². The highest BCUT2D eigenvalue weighted by atomic mass is 16.5. The van der Waals surface area contributed by atoms with E-state index in [1.807, 2.05) is 6.07 Å². The monoisotopic (exact) mass is 238 g/mol. The molecule has 17 heavy (non-hydrogen) atoms. The predicted octanol–water partition coefficient (Wildman–Crippen LogP) is 0.905. The van der Waals surface area contributed by atoms with Gasteiger partial charge in [-0.15, -0.1) is 0 Å². The van der Waals surface area contributed by atoms with Crippen molar-refractivity contribution in [1.82, 2.24) is 9.88 Å². The number of nitrogens with zero attached hydrogens (tertiary/aromatic N) is 1. The summed E-state index contributed by atoms with van der Waals surface area (Å²) in [5.74, 6) is -1.16. The van der Waals surface area contributed by atoms with Crippen molar-refractivity contribution >= 4 is 5.97 Å². The van der Waals surface area contributed by atoms with Crippen LogP contribution in [0.15, 0.2) is 18.5 Å². The summed E-state index contributed by atoms with van der Waals surface area (Å²) in [4.78, 5) is 16.4. The van der Waals surface area contributed by atoms with Gasteiger partial charge in [0.05, 0.1) is 19.1 Å². The molecule has 0 radical (unpaired) electrons. The number of hydrogen-bond acceptors (Lipinski definition) is 3. The third kappa shape index (κ3) is 3.31. The molecule has 0 spiro atoms. The van der Waals surface area contributed by atoms with Gasteiger partial charge in [0.2, 0.25) is 0 Å². The Bertz CT molecular complexity index is 345. The topological polar surface area (TPSA) is 65.6 Å². The molecule has 1 unspecified atom stereocenters. The van der Waals surface area contributed by atoms with Crippen LogP contribution in [0.2, 0.25) is 0 Å². The van der Waals surface area contributed by atoms with E-state index in [9.17, 15) is 9.90 Å². The quantitative estimate of drug-likeness (QED) is 0.800. The van der Waals surface area contributed by atoms with Gasteiger partial charge in [-0.2, -0.15) is 0 Å². The predicted molar refractivity (Wildman–Crippen MR) is 63.0 cm³/mol. The summed E-state index contributed by atoms with van der Waals surface area (Å²) in [6, 6.07) is 1.83. The molecular weight excluding hydrogens is 220 g/mol. The van der Waals surface area contributed by atoms with E-state index in [4.69, 9.17) is 4.74 Å². The molecule has 1 aromatic rings. The molecule has 1 saturated heterocycles. The van der Waals surface area contributed by atoms with E-state index in [1.165, 1.54) is 0 Å². The lowest BCUT2D eigenvalue weighted by Crippen LogP contribution is -2.37. The zero-order valence-electron chi connectivity index (χ0n) is 9.76. The molecule has 2 rings (SSSR count). The molecule has 94 valence electrons. The first-order chi connectivity index (χ1) is 8.27. The van der Waals surface area contributed by atoms with Crippen LogP contribution in [0.1, 0.15) is 17.9 Å². The van der Waals surface area contributed by atoms with Crippen molar-refractivity contribution in [1.29, 1.82) is 0 Å². The van der Waals surface area contributed by atoms with Gasteiger partial charge in [-0.25, -0.2) is 0 Å². The molecule has 0 saturated carbocycles. The van der Waals surface area contributed by atoms with E-state index in [2.05, 4.69) is 9.88 Å².